The molecular weight excluding hydrogens is 486 g/mol. The highest BCUT2D eigenvalue weighted by Crippen LogP contribution is 2.37. The van der Waals surface area contributed by atoms with E-state index in [1.807, 2.05) is 30.9 Å². The number of aromatic nitrogens is 3. The van der Waals surface area contributed by atoms with Gasteiger partial charge in [-0.05, 0) is 63.0 Å². The van der Waals surface area contributed by atoms with Gasteiger partial charge in [0.25, 0.3) is 5.91 Å². The van der Waals surface area contributed by atoms with Gasteiger partial charge in [-0.3, -0.25) is 14.3 Å². The summed E-state index contributed by atoms with van der Waals surface area (Å²) in [6.45, 7) is 6.56. The largest absolute Gasteiger partial charge is 0.490 e. The van der Waals surface area contributed by atoms with Gasteiger partial charge in [0.05, 0.1) is 23.9 Å². The number of carbonyl (C=O) groups is 2. The molecule has 1 atom stereocenters. The van der Waals surface area contributed by atoms with Crippen molar-refractivity contribution < 1.29 is 23.8 Å². The highest BCUT2D eigenvalue weighted by atomic mass is 16.5. The minimum absolute atomic E-state index is 0.0271. The van der Waals surface area contributed by atoms with Crippen molar-refractivity contribution in [1.82, 2.24) is 20.1 Å². The number of aryl methyl sites for hydroxylation is 1. The number of fused-ring (bicyclic) bond motifs is 1. The van der Waals surface area contributed by atoms with Gasteiger partial charge < -0.3 is 25.3 Å². The number of ether oxygens (including phenoxy) is 3. The molecule has 0 radical (unpaired) electrons. The molecule has 2 aliphatic rings. The number of hydrogen-bond donors (Lipinski definition) is 2. The number of amides is 2. The molecule has 10 nitrogen and oxygen atoms in total. The van der Waals surface area contributed by atoms with Crippen LogP contribution in [-0.4, -0.2) is 58.5 Å². The molecule has 0 saturated carbocycles. The van der Waals surface area contributed by atoms with Crippen LogP contribution in [0.25, 0.3) is 21.9 Å². The van der Waals surface area contributed by atoms with E-state index in [1.165, 1.54) is 0 Å². The number of benzene rings is 1. The van der Waals surface area contributed by atoms with Crippen LogP contribution in [0.3, 0.4) is 0 Å². The SMILES string of the molecule is CC(C)Oc1cc2c(OCC3CCC(=O)N3)ncc(-c3cnn(CCC4CCOCC4)c3)c2cc1C(N)=O. The molecule has 202 valence electrons. The Hall–Kier alpha value is -3.66. The van der Waals surface area contributed by atoms with Crippen LogP contribution in [0.2, 0.25) is 0 Å². The second-order valence-electron chi connectivity index (χ2n) is 10.4. The van der Waals surface area contributed by atoms with Crippen LogP contribution in [0.1, 0.15) is 56.3 Å². The summed E-state index contributed by atoms with van der Waals surface area (Å²) in [5, 5.41) is 8.96. The first-order valence-corrected chi connectivity index (χ1v) is 13.3. The zero-order valence-electron chi connectivity index (χ0n) is 21.9. The minimum Gasteiger partial charge on any atom is -0.490 e. The van der Waals surface area contributed by atoms with E-state index >= 15 is 0 Å². The number of nitrogens with zero attached hydrogens (tertiary/aromatic N) is 3. The Morgan fingerprint density at radius 2 is 2.03 bits per heavy atom. The molecule has 1 aromatic carbocycles. The highest BCUT2D eigenvalue weighted by molar-refractivity contribution is 6.06. The van der Waals surface area contributed by atoms with Crippen molar-refractivity contribution in [2.75, 3.05) is 19.8 Å². The van der Waals surface area contributed by atoms with Gasteiger partial charge in [0.15, 0.2) is 0 Å². The maximum atomic E-state index is 12.4. The highest BCUT2D eigenvalue weighted by Gasteiger charge is 2.23. The molecule has 2 saturated heterocycles. The third-order valence-electron chi connectivity index (χ3n) is 7.14. The lowest BCUT2D eigenvalue weighted by Gasteiger charge is -2.21. The molecule has 2 fully saturated rings. The standard InChI is InChI=1S/C28H35N5O5/c1-17(2)38-25-12-22-21(11-23(25)27(29)35)24(14-30-28(22)37-16-20-3-4-26(34)32-20)19-13-31-33(15-19)8-5-18-6-9-36-10-7-18/h11-15,17-18,20H,3-10,16H2,1-2H3,(H2,29,35)(H,32,34). The van der Waals surface area contributed by atoms with Gasteiger partial charge >= 0.3 is 0 Å². The quantitative estimate of drug-likeness (QED) is 0.418. The van der Waals surface area contributed by atoms with E-state index in [0.29, 0.717) is 41.5 Å². The Morgan fingerprint density at radius 1 is 1.21 bits per heavy atom. The van der Waals surface area contributed by atoms with Crippen molar-refractivity contribution in [3.8, 4) is 22.8 Å². The third kappa shape index (κ3) is 5.91. The van der Waals surface area contributed by atoms with E-state index < -0.39 is 5.91 Å². The smallest absolute Gasteiger partial charge is 0.252 e. The van der Waals surface area contributed by atoms with Gasteiger partial charge in [0.1, 0.15) is 12.4 Å². The second kappa shape index (κ2) is 11.4. The molecule has 0 aliphatic carbocycles. The van der Waals surface area contributed by atoms with Crippen molar-refractivity contribution in [2.24, 2.45) is 11.7 Å². The molecular formula is C28H35N5O5. The molecule has 2 amide bonds. The molecule has 2 aliphatic heterocycles. The Morgan fingerprint density at radius 3 is 2.74 bits per heavy atom. The van der Waals surface area contributed by atoms with Gasteiger partial charge in [-0.25, -0.2) is 4.98 Å². The van der Waals surface area contributed by atoms with E-state index in [2.05, 4.69) is 15.4 Å². The predicted octanol–water partition coefficient (Wildman–Crippen LogP) is 3.46. The first kappa shape index (κ1) is 26.0. The molecule has 38 heavy (non-hydrogen) atoms. The summed E-state index contributed by atoms with van der Waals surface area (Å²) in [6, 6.07) is 3.45. The Kier molecular flexibility index (Phi) is 7.78. The molecule has 4 heterocycles. The summed E-state index contributed by atoms with van der Waals surface area (Å²) in [7, 11) is 0. The van der Waals surface area contributed by atoms with Crippen LogP contribution in [0.4, 0.5) is 0 Å². The van der Waals surface area contributed by atoms with Crippen molar-refractivity contribution in [2.45, 2.75) is 64.6 Å². The van der Waals surface area contributed by atoms with Crippen LogP contribution >= 0.6 is 0 Å². The average Bonchev–Trinajstić information content (AvgIpc) is 3.54. The fraction of sp³-hybridized carbons (Fsp3) is 0.500. The molecule has 0 spiro atoms. The molecule has 3 N–H and O–H groups in total. The summed E-state index contributed by atoms with van der Waals surface area (Å²) in [5.41, 5.74) is 7.74. The molecule has 0 bridgehead atoms. The molecule has 5 rings (SSSR count). The number of primary amides is 1. The fourth-order valence-electron chi connectivity index (χ4n) is 5.09. The zero-order valence-corrected chi connectivity index (χ0v) is 21.9. The topological polar surface area (TPSA) is 131 Å². The number of pyridine rings is 1. The Labute approximate surface area is 221 Å². The van der Waals surface area contributed by atoms with Gasteiger partial charge in [0, 0.05) is 55.1 Å². The summed E-state index contributed by atoms with van der Waals surface area (Å²) >= 11 is 0. The predicted molar refractivity (Wildman–Crippen MR) is 142 cm³/mol. The first-order valence-electron chi connectivity index (χ1n) is 13.3. The Balaban J connectivity index is 1.48. The summed E-state index contributed by atoms with van der Waals surface area (Å²) in [6.07, 6.45) is 9.84. The van der Waals surface area contributed by atoms with Gasteiger partial charge in [-0.2, -0.15) is 5.10 Å². The molecule has 1 unspecified atom stereocenters. The average molecular weight is 522 g/mol. The number of rotatable bonds is 10. The van der Waals surface area contributed by atoms with Gasteiger partial charge in [-0.1, -0.05) is 0 Å². The van der Waals surface area contributed by atoms with Crippen molar-refractivity contribution >= 4 is 22.6 Å². The maximum absolute atomic E-state index is 12.4. The second-order valence-corrected chi connectivity index (χ2v) is 10.4. The van der Waals surface area contributed by atoms with Crippen LogP contribution in [0, 0.1) is 5.92 Å². The number of carbonyl (C=O) groups excluding carboxylic acids is 2. The van der Waals surface area contributed by atoms with Crippen molar-refractivity contribution in [3.05, 3.63) is 36.3 Å². The maximum Gasteiger partial charge on any atom is 0.252 e. The normalized spacial score (nSPS) is 18.2. The summed E-state index contributed by atoms with van der Waals surface area (Å²) in [5.74, 6) is 0.886. The third-order valence-corrected chi connectivity index (χ3v) is 7.14. The monoisotopic (exact) mass is 521 g/mol. The Bertz CT molecular complexity index is 1310. The number of nitrogens with two attached hydrogens (primary N) is 1. The van der Waals surface area contributed by atoms with Crippen LogP contribution < -0.4 is 20.5 Å². The summed E-state index contributed by atoms with van der Waals surface area (Å²) in [4.78, 5) is 28.6. The van der Waals surface area contributed by atoms with Crippen LogP contribution in [0.5, 0.6) is 11.6 Å². The number of hydrogen-bond acceptors (Lipinski definition) is 7. The molecule has 10 heteroatoms. The van der Waals surface area contributed by atoms with E-state index in [1.54, 1.807) is 18.3 Å². The van der Waals surface area contributed by atoms with Gasteiger partial charge in [0.2, 0.25) is 11.8 Å². The van der Waals surface area contributed by atoms with Gasteiger partial charge in [-0.15, -0.1) is 0 Å². The zero-order chi connectivity index (χ0) is 26.6. The van der Waals surface area contributed by atoms with E-state index in [9.17, 15) is 9.59 Å². The lowest BCUT2D eigenvalue weighted by atomic mass is 9.97. The lowest BCUT2D eigenvalue weighted by molar-refractivity contribution is -0.119. The minimum atomic E-state index is -0.575. The van der Waals surface area contributed by atoms with E-state index in [4.69, 9.17) is 19.9 Å². The van der Waals surface area contributed by atoms with E-state index in [-0.39, 0.29) is 18.1 Å². The fourth-order valence-corrected chi connectivity index (χ4v) is 5.09. The van der Waals surface area contributed by atoms with Crippen molar-refractivity contribution in [1.29, 1.82) is 0 Å². The summed E-state index contributed by atoms with van der Waals surface area (Å²) < 4.78 is 19.4. The molecule has 3 aromatic rings. The molecule has 2 aromatic heterocycles. The van der Waals surface area contributed by atoms with Crippen molar-refractivity contribution in [3.63, 3.8) is 0 Å². The van der Waals surface area contributed by atoms with Crippen LogP contribution in [-0.2, 0) is 16.1 Å². The number of nitrogens with one attached hydrogen (secondary N) is 1. The lowest BCUT2D eigenvalue weighted by Crippen LogP contribution is -2.31. The van der Waals surface area contributed by atoms with Crippen LogP contribution in [0.15, 0.2) is 30.7 Å². The van der Waals surface area contributed by atoms with E-state index in [0.717, 1.165) is 62.0 Å². The first-order chi connectivity index (χ1) is 18.4.